The molecule has 1 heterocycles. The van der Waals surface area contributed by atoms with Crippen LogP contribution in [-0.2, 0) is 0 Å². The van der Waals surface area contributed by atoms with Crippen LogP contribution in [0.5, 0.6) is 0 Å². The zero-order valence-electron chi connectivity index (χ0n) is 12.2. The molecule has 2 atom stereocenters. The summed E-state index contributed by atoms with van der Waals surface area (Å²) in [7, 11) is 0. The minimum absolute atomic E-state index is 0. The van der Waals surface area contributed by atoms with Gasteiger partial charge in [0.15, 0.2) is 0 Å². The fourth-order valence-corrected chi connectivity index (χ4v) is 2.62. The molecule has 2 N–H and O–H groups in total. The molecule has 3 nitrogen and oxygen atoms in total. The summed E-state index contributed by atoms with van der Waals surface area (Å²) >= 11 is 0. The first-order valence-corrected chi connectivity index (χ1v) is 6.90. The maximum atomic E-state index is 13.8. The topological polar surface area (TPSA) is 46.3 Å². The van der Waals surface area contributed by atoms with Crippen LogP contribution in [0.1, 0.15) is 35.7 Å². The largest absolute Gasteiger partial charge is 0.338 e. The first-order valence-electron chi connectivity index (χ1n) is 6.90. The molecule has 21 heavy (non-hydrogen) atoms. The van der Waals surface area contributed by atoms with Crippen LogP contribution < -0.4 is 5.73 Å². The van der Waals surface area contributed by atoms with Crippen molar-refractivity contribution in [1.29, 1.82) is 0 Å². The lowest BCUT2D eigenvalue weighted by Gasteiger charge is -2.34. The number of carbonyl (C=O) groups is 1. The van der Waals surface area contributed by atoms with E-state index in [1.54, 1.807) is 4.90 Å². The molecule has 0 aromatic heterocycles. The van der Waals surface area contributed by atoms with Crippen molar-refractivity contribution < 1.29 is 13.6 Å². The fourth-order valence-electron chi connectivity index (χ4n) is 2.62. The third-order valence-corrected chi connectivity index (χ3v) is 3.97. The number of carbonyl (C=O) groups excluding carboxylic acids is 1. The predicted molar refractivity (Wildman–Crippen MR) is 80.6 cm³/mol. The van der Waals surface area contributed by atoms with Crippen LogP contribution in [0.2, 0.25) is 0 Å². The second kappa shape index (κ2) is 7.18. The Bertz CT molecular complexity index is 523. The molecular formula is C15H21ClF2N2O. The smallest absolute Gasteiger partial charge is 0.256 e. The van der Waals surface area contributed by atoms with Gasteiger partial charge in [-0.05, 0) is 44.2 Å². The molecule has 0 saturated carbocycles. The Hall–Kier alpha value is -1.20. The van der Waals surface area contributed by atoms with Crippen LogP contribution in [0.3, 0.4) is 0 Å². The highest BCUT2D eigenvalue weighted by Gasteiger charge is 2.28. The Morgan fingerprint density at radius 1 is 1.38 bits per heavy atom. The van der Waals surface area contributed by atoms with Crippen molar-refractivity contribution in [2.24, 2.45) is 11.7 Å². The Morgan fingerprint density at radius 2 is 2.05 bits per heavy atom. The summed E-state index contributed by atoms with van der Waals surface area (Å²) in [5.41, 5.74) is 6.09. The summed E-state index contributed by atoms with van der Waals surface area (Å²) in [6, 6.07) is 2.06. The van der Waals surface area contributed by atoms with Gasteiger partial charge in [0.2, 0.25) is 0 Å². The van der Waals surface area contributed by atoms with Crippen molar-refractivity contribution in [2.75, 3.05) is 13.1 Å². The van der Waals surface area contributed by atoms with Crippen molar-refractivity contribution in [3.05, 3.63) is 34.9 Å². The zero-order chi connectivity index (χ0) is 14.9. The van der Waals surface area contributed by atoms with E-state index in [4.69, 9.17) is 5.73 Å². The highest BCUT2D eigenvalue weighted by atomic mass is 35.5. The fraction of sp³-hybridized carbons (Fsp3) is 0.533. The number of hydrogen-bond acceptors (Lipinski definition) is 2. The van der Waals surface area contributed by atoms with Crippen molar-refractivity contribution in [2.45, 2.75) is 32.7 Å². The number of piperidine rings is 1. The Morgan fingerprint density at radius 3 is 2.67 bits per heavy atom. The molecule has 0 bridgehead atoms. The summed E-state index contributed by atoms with van der Waals surface area (Å²) in [5.74, 6) is -1.58. The van der Waals surface area contributed by atoms with Gasteiger partial charge in [-0.2, -0.15) is 0 Å². The van der Waals surface area contributed by atoms with Crippen LogP contribution >= 0.6 is 12.4 Å². The first kappa shape index (κ1) is 17.9. The number of benzene rings is 1. The van der Waals surface area contributed by atoms with E-state index in [1.807, 2.05) is 6.92 Å². The molecule has 0 spiro atoms. The maximum absolute atomic E-state index is 13.8. The minimum Gasteiger partial charge on any atom is -0.338 e. The summed E-state index contributed by atoms with van der Waals surface area (Å²) < 4.78 is 27.0. The zero-order valence-corrected chi connectivity index (χ0v) is 13.1. The first-order chi connectivity index (χ1) is 9.40. The molecule has 0 aliphatic carbocycles. The number of likely N-dealkylation sites (tertiary alicyclic amines) is 1. The van der Waals surface area contributed by atoms with Gasteiger partial charge in [-0.25, -0.2) is 8.78 Å². The van der Waals surface area contributed by atoms with Gasteiger partial charge in [0.05, 0.1) is 5.56 Å². The van der Waals surface area contributed by atoms with Crippen LogP contribution in [0, 0.1) is 24.5 Å². The maximum Gasteiger partial charge on any atom is 0.256 e. The van der Waals surface area contributed by atoms with E-state index in [0.717, 1.165) is 18.9 Å². The average molecular weight is 319 g/mol. The van der Waals surface area contributed by atoms with Gasteiger partial charge in [0.1, 0.15) is 11.6 Å². The lowest BCUT2D eigenvalue weighted by molar-refractivity contribution is 0.0656. The SMILES string of the molecule is Cc1cc(C(=O)N2CCCC(C(C)N)C2)c(F)cc1F.Cl. The van der Waals surface area contributed by atoms with E-state index >= 15 is 0 Å². The molecule has 1 amide bonds. The number of halogens is 3. The predicted octanol–water partition coefficient (Wildman–Crippen LogP) is 2.89. The molecule has 1 aromatic rings. The Balaban J connectivity index is 0.00000220. The molecule has 2 unspecified atom stereocenters. The number of rotatable bonds is 2. The number of nitrogens with zero attached hydrogens (tertiary/aromatic N) is 1. The molecule has 1 fully saturated rings. The molecule has 1 aliphatic rings. The van der Waals surface area contributed by atoms with Gasteiger partial charge in [-0.3, -0.25) is 4.79 Å². The van der Waals surface area contributed by atoms with Gasteiger partial charge < -0.3 is 10.6 Å². The standard InChI is InChI=1S/C15H20F2N2O.ClH/c1-9-6-12(14(17)7-13(9)16)15(20)19-5-3-4-11(8-19)10(2)18;/h6-7,10-11H,3-5,8,18H2,1-2H3;1H. The third kappa shape index (κ3) is 3.92. The molecule has 1 aromatic carbocycles. The van der Waals surface area contributed by atoms with E-state index in [1.165, 1.54) is 13.0 Å². The van der Waals surface area contributed by atoms with Crippen molar-refractivity contribution >= 4 is 18.3 Å². The second-order valence-electron chi connectivity index (χ2n) is 5.59. The highest BCUT2D eigenvalue weighted by Crippen LogP contribution is 2.22. The van der Waals surface area contributed by atoms with Gasteiger partial charge in [-0.15, -0.1) is 12.4 Å². The second-order valence-corrected chi connectivity index (χ2v) is 5.59. The third-order valence-electron chi connectivity index (χ3n) is 3.97. The molecule has 2 rings (SSSR count). The van der Waals surface area contributed by atoms with Gasteiger partial charge in [0.25, 0.3) is 5.91 Å². The monoisotopic (exact) mass is 318 g/mol. The Labute approximate surface area is 129 Å². The average Bonchev–Trinajstić information content (AvgIpc) is 2.42. The van der Waals surface area contributed by atoms with Gasteiger partial charge in [-0.1, -0.05) is 0 Å². The lowest BCUT2D eigenvalue weighted by atomic mass is 9.91. The van der Waals surface area contributed by atoms with Crippen LogP contribution in [0.15, 0.2) is 12.1 Å². The summed E-state index contributed by atoms with van der Waals surface area (Å²) in [6.45, 7) is 4.57. The highest BCUT2D eigenvalue weighted by molar-refractivity contribution is 5.94. The minimum atomic E-state index is -0.805. The van der Waals surface area contributed by atoms with Gasteiger partial charge in [0, 0.05) is 25.2 Å². The molecule has 1 aliphatic heterocycles. The van der Waals surface area contributed by atoms with Crippen LogP contribution in [0.4, 0.5) is 8.78 Å². The van der Waals surface area contributed by atoms with E-state index in [2.05, 4.69) is 0 Å². The Kier molecular flexibility index (Phi) is 6.10. The summed E-state index contributed by atoms with van der Waals surface area (Å²) in [6.07, 6.45) is 1.84. The van der Waals surface area contributed by atoms with E-state index in [-0.39, 0.29) is 41.4 Å². The number of aryl methyl sites for hydroxylation is 1. The number of nitrogens with two attached hydrogens (primary N) is 1. The lowest BCUT2D eigenvalue weighted by Crippen LogP contribution is -2.45. The van der Waals surface area contributed by atoms with Crippen LogP contribution in [-0.4, -0.2) is 29.9 Å². The normalized spacial score (nSPS) is 19.9. The van der Waals surface area contributed by atoms with E-state index < -0.39 is 11.6 Å². The van der Waals surface area contributed by atoms with Crippen molar-refractivity contribution in [3.63, 3.8) is 0 Å². The van der Waals surface area contributed by atoms with Crippen LogP contribution in [0.25, 0.3) is 0 Å². The molecule has 0 radical (unpaired) electrons. The van der Waals surface area contributed by atoms with E-state index in [9.17, 15) is 13.6 Å². The van der Waals surface area contributed by atoms with Crippen molar-refractivity contribution in [3.8, 4) is 0 Å². The summed E-state index contributed by atoms with van der Waals surface area (Å²) in [5, 5.41) is 0. The molecule has 118 valence electrons. The van der Waals surface area contributed by atoms with Gasteiger partial charge >= 0.3 is 0 Å². The number of amides is 1. The molecular weight excluding hydrogens is 298 g/mol. The quantitative estimate of drug-likeness (QED) is 0.911. The molecule has 6 heteroatoms. The number of hydrogen-bond donors (Lipinski definition) is 1. The van der Waals surface area contributed by atoms with Crippen molar-refractivity contribution in [1.82, 2.24) is 4.90 Å². The summed E-state index contributed by atoms with van der Waals surface area (Å²) in [4.78, 5) is 14.0. The van der Waals surface area contributed by atoms with E-state index in [0.29, 0.717) is 13.1 Å². The molecule has 1 saturated heterocycles.